The van der Waals surface area contributed by atoms with Gasteiger partial charge in [-0.05, 0) is 31.0 Å². The minimum atomic E-state index is -0.384. The lowest BCUT2D eigenvalue weighted by atomic mass is 10.1. The number of nitro benzene ring substituents is 1. The number of likely N-dealkylation sites (tertiary alicyclic amines) is 1. The largest absolute Gasteiger partial charge is 0.396 e. The first kappa shape index (κ1) is 13.3. The summed E-state index contributed by atoms with van der Waals surface area (Å²) in [6, 6.07) is 4.62. The van der Waals surface area contributed by atoms with Crippen LogP contribution in [0.4, 0.5) is 5.69 Å². The molecule has 18 heavy (non-hydrogen) atoms. The normalized spacial score (nSPS) is 20.2. The molecule has 0 amide bonds. The molecule has 1 saturated heterocycles. The van der Waals surface area contributed by atoms with Crippen molar-refractivity contribution in [3.8, 4) is 0 Å². The van der Waals surface area contributed by atoms with E-state index in [0.29, 0.717) is 17.1 Å². The van der Waals surface area contributed by atoms with Gasteiger partial charge in [-0.1, -0.05) is 11.6 Å². The molecule has 0 radical (unpaired) electrons. The molecule has 1 heterocycles. The van der Waals surface area contributed by atoms with Crippen molar-refractivity contribution in [3.05, 3.63) is 38.9 Å². The Labute approximate surface area is 110 Å². The predicted octanol–water partition coefficient (Wildman–Crippen LogP) is 2.06. The molecule has 1 aromatic carbocycles. The smallest absolute Gasteiger partial charge is 0.273 e. The highest BCUT2D eigenvalue weighted by atomic mass is 35.5. The molecule has 0 aromatic heterocycles. The first-order valence-corrected chi connectivity index (χ1v) is 6.24. The van der Waals surface area contributed by atoms with E-state index in [0.717, 1.165) is 19.5 Å². The molecule has 0 aliphatic carbocycles. The Morgan fingerprint density at radius 1 is 1.56 bits per heavy atom. The third kappa shape index (κ3) is 2.98. The highest BCUT2D eigenvalue weighted by molar-refractivity contribution is 6.30. The Kier molecular flexibility index (Phi) is 4.16. The number of nitro groups is 1. The van der Waals surface area contributed by atoms with E-state index in [2.05, 4.69) is 4.90 Å². The molecule has 0 spiro atoms. The average Bonchev–Trinajstić information content (AvgIpc) is 2.76. The quantitative estimate of drug-likeness (QED) is 0.672. The molecule has 1 aromatic rings. The molecule has 98 valence electrons. The van der Waals surface area contributed by atoms with Crippen molar-refractivity contribution in [1.82, 2.24) is 4.90 Å². The maximum absolute atomic E-state index is 10.9. The monoisotopic (exact) mass is 270 g/mol. The van der Waals surface area contributed by atoms with E-state index in [-0.39, 0.29) is 23.1 Å². The Morgan fingerprint density at radius 2 is 2.33 bits per heavy atom. The third-order valence-electron chi connectivity index (χ3n) is 3.26. The summed E-state index contributed by atoms with van der Waals surface area (Å²) in [5.41, 5.74) is 0.734. The molecule has 1 aliphatic heterocycles. The summed E-state index contributed by atoms with van der Waals surface area (Å²) in [6.45, 7) is 2.32. The summed E-state index contributed by atoms with van der Waals surface area (Å²) in [5.74, 6) is 0.281. The van der Waals surface area contributed by atoms with Gasteiger partial charge in [-0.25, -0.2) is 0 Å². The maximum atomic E-state index is 10.9. The number of benzene rings is 1. The molecule has 0 saturated carbocycles. The molecular formula is C12H15ClN2O3. The van der Waals surface area contributed by atoms with Crippen LogP contribution in [-0.4, -0.2) is 34.6 Å². The number of hydrogen-bond acceptors (Lipinski definition) is 4. The van der Waals surface area contributed by atoms with Gasteiger partial charge in [-0.3, -0.25) is 15.0 Å². The van der Waals surface area contributed by atoms with Gasteiger partial charge < -0.3 is 5.11 Å². The van der Waals surface area contributed by atoms with Crippen molar-refractivity contribution in [2.75, 3.05) is 19.7 Å². The number of hydrogen-bond donors (Lipinski definition) is 1. The Balaban J connectivity index is 2.13. The lowest BCUT2D eigenvalue weighted by Gasteiger charge is -2.15. The van der Waals surface area contributed by atoms with Gasteiger partial charge >= 0.3 is 0 Å². The van der Waals surface area contributed by atoms with Gasteiger partial charge in [0.05, 0.1) is 4.92 Å². The number of halogens is 1. The first-order chi connectivity index (χ1) is 8.60. The van der Waals surface area contributed by atoms with Crippen molar-refractivity contribution < 1.29 is 10.0 Å². The number of nitrogens with zero attached hydrogens (tertiary/aromatic N) is 2. The zero-order valence-electron chi connectivity index (χ0n) is 9.88. The number of aliphatic hydroxyl groups is 1. The van der Waals surface area contributed by atoms with Gasteiger partial charge in [0.2, 0.25) is 0 Å². The molecule has 1 N–H and O–H groups in total. The molecule has 2 rings (SSSR count). The fourth-order valence-electron chi connectivity index (χ4n) is 2.31. The molecule has 1 aliphatic rings. The van der Waals surface area contributed by atoms with Crippen LogP contribution in [0.5, 0.6) is 0 Å². The van der Waals surface area contributed by atoms with Crippen molar-refractivity contribution >= 4 is 17.3 Å². The molecule has 1 atom stereocenters. The summed E-state index contributed by atoms with van der Waals surface area (Å²) in [4.78, 5) is 12.7. The summed E-state index contributed by atoms with van der Waals surface area (Å²) < 4.78 is 0. The standard InChI is InChI=1S/C12H15ClN2O3/c13-11-1-2-12(15(17)18)10(5-11)7-14-4-3-9(6-14)8-16/h1-2,5,9,16H,3-4,6-8H2. The molecule has 5 nitrogen and oxygen atoms in total. The van der Waals surface area contributed by atoms with Gasteiger partial charge in [0.1, 0.15) is 0 Å². The molecule has 1 unspecified atom stereocenters. The van der Waals surface area contributed by atoms with Crippen molar-refractivity contribution in [2.45, 2.75) is 13.0 Å². The van der Waals surface area contributed by atoms with Crippen molar-refractivity contribution in [1.29, 1.82) is 0 Å². The van der Waals surface area contributed by atoms with E-state index in [1.165, 1.54) is 12.1 Å². The highest BCUT2D eigenvalue weighted by Gasteiger charge is 2.24. The summed E-state index contributed by atoms with van der Waals surface area (Å²) in [5, 5.41) is 20.5. The van der Waals surface area contributed by atoms with Gasteiger partial charge in [0, 0.05) is 36.3 Å². The van der Waals surface area contributed by atoms with E-state index in [9.17, 15) is 10.1 Å². The minimum Gasteiger partial charge on any atom is -0.396 e. The van der Waals surface area contributed by atoms with Crippen LogP contribution in [0.3, 0.4) is 0 Å². The molecule has 1 fully saturated rings. The highest BCUT2D eigenvalue weighted by Crippen LogP contribution is 2.26. The summed E-state index contributed by atoms with van der Waals surface area (Å²) in [6.07, 6.45) is 0.935. The van der Waals surface area contributed by atoms with Crippen LogP contribution in [0.1, 0.15) is 12.0 Å². The molecular weight excluding hydrogens is 256 g/mol. The van der Waals surface area contributed by atoms with Crippen LogP contribution in [0.25, 0.3) is 0 Å². The Morgan fingerprint density at radius 3 is 2.94 bits per heavy atom. The molecule has 6 heteroatoms. The lowest BCUT2D eigenvalue weighted by Crippen LogP contribution is -2.21. The fourth-order valence-corrected chi connectivity index (χ4v) is 2.50. The second kappa shape index (κ2) is 5.65. The van der Waals surface area contributed by atoms with Crippen molar-refractivity contribution in [2.24, 2.45) is 5.92 Å². The number of aliphatic hydroxyl groups excluding tert-OH is 1. The van der Waals surface area contributed by atoms with Crippen LogP contribution in [0.15, 0.2) is 18.2 Å². The van der Waals surface area contributed by atoms with E-state index in [1.54, 1.807) is 6.07 Å². The zero-order chi connectivity index (χ0) is 13.1. The minimum absolute atomic E-state index is 0.104. The second-order valence-corrected chi connectivity index (χ2v) is 5.04. The SMILES string of the molecule is O=[N+]([O-])c1ccc(Cl)cc1CN1CCC(CO)C1. The second-order valence-electron chi connectivity index (χ2n) is 4.60. The van der Waals surface area contributed by atoms with E-state index >= 15 is 0 Å². The van der Waals surface area contributed by atoms with Crippen LogP contribution in [0, 0.1) is 16.0 Å². The van der Waals surface area contributed by atoms with E-state index < -0.39 is 0 Å². The van der Waals surface area contributed by atoms with Crippen LogP contribution >= 0.6 is 11.6 Å². The van der Waals surface area contributed by atoms with Crippen LogP contribution in [0.2, 0.25) is 5.02 Å². The third-order valence-corrected chi connectivity index (χ3v) is 3.50. The zero-order valence-corrected chi connectivity index (χ0v) is 10.6. The van der Waals surface area contributed by atoms with E-state index in [4.69, 9.17) is 16.7 Å². The first-order valence-electron chi connectivity index (χ1n) is 5.86. The fraction of sp³-hybridized carbons (Fsp3) is 0.500. The van der Waals surface area contributed by atoms with Gasteiger partial charge in [0.25, 0.3) is 5.69 Å². The maximum Gasteiger partial charge on any atom is 0.273 e. The average molecular weight is 271 g/mol. The van der Waals surface area contributed by atoms with Crippen molar-refractivity contribution in [3.63, 3.8) is 0 Å². The lowest BCUT2D eigenvalue weighted by molar-refractivity contribution is -0.385. The van der Waals surface area contributed by atoms with E-state index in [1.807, 2.05) is 0 Å². The predicted molar refractivity (Wildman–Crippen MR) is 68.6 cm³/mol. The van der Waals surface area contributed by atoms with Crippen LogP contribution < -0.4 is 0 Å². The molecule has 0 bridgehead atoms. The van der Waals surface area contributed by atoms with Gasteiger partial charge in [0.15, 0.2) is 0 Å². The topological polar surface area (TPSA) is 66.6 Å². The Hall–Kier alpha value is -1.17. The Bertz CT molecular complexity index is 453. The number of rotatable bonds is 4. The summed E-state index contributed by atoms with van der Waals surface area (Å²) in [7, 11) is 0. The van der Waals surface area contributed by atoms with Gasteiger partial charge in [-0.2, -0.15) is 0 Å². The van der Waals surface area contributed by atoms with Gasteiger partial charge in [-0.15, -0.1) is 0 Å². The summed E-state index contributed by atoms with van der Waals surface area (Å²) >= 11 is 5.88. The van der Waals surface area contributed by atoms with Crippen LogP contribution in [-0.2, 0) is 6.54 Å².